The van der Waals surface area contributed by atoms with Gasteiger partial charge in [0.15, 0.2) is 11.9 Å². The van der Waals surface area contributed by atoms with Crippen molar-refractivity contribution in [1.29, 1.82) is 0 Å². The van der Waals surface area contributed by atoms with Gasteiger partial charge in [0.05, 0.1) is 41.8 Å². The number of aliphatic imine (C=N–C) groups is 1. The molecular formula is C22H23Br4ClN10O2. The van der Waals surface area contributed by atoms with E-state index in [2.05, 4.69) is 105 Å². The van der Waals surface area contributed by atoms with Crippen LogP contribution in [0.3, 0.4) is 0 Å². The predicted octanol–water partition coefficient (Wildman–Crippen LogP) is 3.15. The molecule has 3 aromatic heterocycles. The Hall–Kier alpha value is -2.01. The number of guanidine groups is 1. The molecule has 3 aromatic rings. The maximum absolute atomic E-state index is 13.1. The van der Waals surface area contributed by atoms with Crippen molar-refractivity contribution in [1.82, 2.24) is 35.9 Å². The van der Waals surface area contributed by atoms with Crippen LogP contribution in [-0.4, -0.2) is 68.3 Å². The van der Waals surface area contributed by atoms with Crippen molar-refractivity contribution in [3.05, 3.63) is 53.6 Å². The molecule has 1 saturated carbocycles. The molecule has 1 fully saturated rings. The molecular weight excluding hydrogens is 791 g/mol. The number of alkyl halides is 1. The van der Waals surface area contributed by atoms with Gasteiger partial charge >= 0.3 is 0 Å². The molecule has 0 saturated heterocycles. The van der Waals surface area contributed by atoms with E-state index in [0.29, 0.717) is 27.1 Å². The van der Waals surface area contributed by atoms with Gasteiger partial charge in [0.2, 0.25) is 0 Å². The molecule has 17 heteroatoms. The van der Waals surface area contributed by atoms with Gasteiger partial charge in [0.25, 0.3) is 11.8 Å². The number of nitrogens with zero attached hydrogens (tertiary/aromatic N) is 2. The van der Waals surface area contributed by atoms with Crippen LogP contribution in [0.25, 0.3) is 0 Å². The summed E-state index contributed by atoms with van der Waals surface area (Å²) >= 11 is 20.7. The van der Waals surface area contributed by atoms with Crippen molar-refractivity contribution in [2.24, 2.45) is 22.6 Å². The van der Waals surface area contributed by atoms with Crippen LogP contribution in [0, 0.1) is 11.8 Å². The first-order chi connectivity index (χ1) is 18.5. The lowest BCUT2D eigenvalue weighted by Gasteiger charge is -2.35. The third-order valence-corrected chi connectivity index (χ3v) is 11.4. The zero-order valence-corrected chi connectivity index (χ0v) is 27.0. The van der Waals surface area contributed by atoms with Gasteiger partial charge in [-0.25, -0.2) is 4.98 Å². The lowest BCUT2D eigenvalue weighted by Crippen LogP contribution is -2.56. The Balaban J connectivity index is 1.45. The number of hydrogen-bond acceptors (Lipinski definition) is 7. The molecule has 5 atom stereocenters. The Labute approximate surface area is 261 Å². The molecule has 2 aliphatic rings. The van der Waals surface area contributed by atoms with E-state index in [1.165, 1.54) is 0 Å². The fraction of sp³-hybridized carbons (Fsp3) is 0.364. The van der Waals surface area contributed by atoms with Crippen molar-refractivity contribution in [2.75, 3.05) is 25.4 Å². The zero-order chi connectivity index (χ0) is 28.1. The summed E-state index contributed by atoms with van der Waals surface area (Å²) in [5.74, 6) is -0.970. The number of nitrogen functional groups attached to an aromatic ring is 1. The minimum Gasteiger partial charge on any atom is -0.370 e. The van der Waals surface area contributed by atoms with E-state index in [4.69, 9.17) is 23.1 Å². The minimum absolute atomic E-state index is 0.227. The summed E-state index contributed by atoms with van der Waals surface area (Å²) in [5, 5.41) is 8.78. The number of amides is 2. The molecule has 1 aliphatic carbocycles. The summed E-state index contributed by atoms with van der Waals surface area (Å²) in [6, 6.07) is 3.37. The molecule has 0 aromatic carbocycles. The Morgan fingerprint density at radius 1 is 0.974 bits per heavy atom. The fourth-order valence-corrected chi connectivity index (χ4v) is 7.32. The van der Waals surface area contributed by atoms with Crippen molar-refractivity contribution >= 4 is 99.0 Å². The molecule has 1 spiro atoms. The molecule has 12 nitrogen and oxygen atoms in total. The molecule has 0 radical (unpaired) electrons. The smallest absolute Gasteiger partial charge is 0.267 e. The Morgan fingerprint density at radius 2 is 1.54 bits per heavy atom. The van der Waals surface area contributed by atoms with Crippen LogP contribution in [-0.2, 0) is 0 Å². The van der Waals surface area contributed by atoms with Crippen molar-refractivity contribution in [3.8, 4) is 0 Å². The van der Waals surface area contributed by atoms with Gasteiger partial charge in [0, 0.05) is 30.6 Å². The van der Waals surface area contributed by atoms with Crippen LogP contribution in [0.5, 0.6) is 0 Å². The number of hydrogen-bond donors (Lipinski definition) is 8. The third kappa shape index (κ3) is 5.37. The van der Waals surface area contributed by atoms with E-state index >= 15 is 0 Å². The van der Waals surface area contributed by atoms with Crippen molar-refractivity contribution in [2.45, 2.75) is 16.8 Å². The number of H-pyrrole nitrogens is 3. The van der Waals surface area contributed by atoms with Crippen LogP contribution >= 0.6 is 75.3 Å². The van der Waals surface area contributed by atoms with Gasteiger partial charge in [-0.15, -0.1) is 11.6 Å². The van der Waals surface area contributed by atoms with E-state index in [9.17, 15) is 9.59 Å². The van der Waals surface area contributed by atoms with Gasteiger partial charge in [0.1, 0.15) is 11.4 Å². The highest BCUT2D eigenvalue weighted by Gasteiger charge is 2.62. The number of carbonyl (C=O) groups is 2. The van der Waals surface area contributed by atoms with Crippen molar-refractivity contribution < 1.29 is 9.59 Å². The Morgan fingerprint density at radius 3 is 1.97 bits per heavy atom. The van der Waals surface area contributed by atoms with E-state index in [-0.39, 0.29) is 54.6 Å². The number of nitrogens with one attached hydrogen (secondary N) is 6. The quantitative estimate of drug-likeness (QED) is 0.169. The van der Waals surface area contributed by atoms with Crippen molar-refractivity contribution in [3.63, 3.8) is 0 Å². The molecule has 2 amide bonds. The molecule has 0 unspecified atom stereocenters. The number of anilines is 1. The molecule has 5 rings (SSSR count). The predicted molar refractivity (Wildman–Crippen MR) is 162 cm³/mol. The first kappa shape index (κ1) is 28.5. The summed E-state index contributed by atoms with van der Waals surface area (Å²) < 4.78 is 2.77. The molecule has 4 heterocycles. The van der Waals surface area contributed by atoms with Crippen LogP contribution in [0.15, 0.2) is 41.5 Å². The second kappa shape index (κ2) is 11.1. The molecule has 39 heavy (non-hydrogen) atoms. The molecule has 10 N–H and O–H groups in total. The minimum atomic E-state index is -0.799. The van der Waals surface area contributed by atoms with Crippen LogP contribution < -0.4 is 27.4 Å². The number of aromatic nitrogens is 4. The molecule has 208 valence electrons. The number of rotatable bonds is 7. The largest absolute Gasteiger partial charge is 0.370 e. The maximum atomic E-state index is 13.1. The first-order valence-corrected chi connectivity index (χ1v) is 15.3. The monoisotopic (exact) mass is 810 g/mol. The number of aromatic amines is 3. The lowest BCUT2D eigenvalue weighted by atomic mass is 9.80. The number of imidazole rings is 1. The third-order valence-electron chi connectivity index (χ3n) is 7.16. The van der Waals surface area contributed by atoms with Gasteiger partial charge in [-0.3, -0.25) is 14.6 Å². The summed E-state index contributed by atoms with van der Waals surface area (Å²) in [7, 11) is 0. The summed E-state index contributed by atoms with van der Waals surface area (Å²) in [6.07, 6.45) is 1.66. The highest BCUT2D eigenvalue weighted by atomic mass is 79.9. The SMILES string of the molecule is NC1=NC[C@@]2(N1)[C@@H](Cl)[C@H](CNC(=O)c1cc(Br)c(Br)[nH]1)[C@@H](CNC(=O)c1cc(Br)c(Br)[nH]1)[C@@H]2c1cnc(N)[nH]1. The highest BCUT2D eigenvalue weighted by Crippen LogP contribution is 2.53. The maximum Gasteiger partial charge on any atom is 0.267 e. The molecule has 1 aliphatic heterocycles. The number of halogens is 5. The van der Waals surface area contributed by atoms with Crippen LogP contribution in [0.2, 0.25) is 0 Å². The Bertz CT molecular complexity index is 1420. The second-order valence-electron chi connectivity index (χ2n) is 9.41. The van der Waals surface area contributed by atoms with Crippen LogP contribution in [0.1, 0.15) is 32.6 Å². The summed E-state index contributed by atoms with van der Waals surface area (Å²) in [4.78, 5) is 43.7. The number of carbonyl (C=O) groups excluding carboxylic acids is 2. The average Bonchev–Trinajstić information content (AvgIpc) is 3.68. The van der Waals surface area contributed by atoms with Gasteiger partial charge in [-0.2, -0.15) is 0 Å². The second-order valence-corrected chi connectivity index (χ2v) is 13.2. The topological polar surface area (TPSA) is 195 Å². The van der Waals surface area contributed by atoms with Gasteiger partial charge in [-0.1, -0.05) is 0 Å². The highest BCUT2D eigenvalue weighted by molar-refractivity contribution is 9.13. The van der Waals surface area contributed by atoms with E-state index in [0.717, 1.165) is 14.6 Å². The van der Waals surface area contributed by atoms with E-state index < -0.39 is 10.9 Å². The normalized spacial score (nSPS) is 26.0. The zero-order valence-electron chi connectivity index (χ0n) is 19.9. The van der Waals surface area contributed by atoms with Gasteiger partial charge < -0.3 is 42.4 Å². The van der Waals surface area contributed by atoms with E-state index in [1.54, 1.807) is 18.3 Å². The fourth-order valence-electron chi connectivity index (χ4n) is 5.47. The Kier molecular flexibility index (Phi) is 8.12. The molecule has 0 bridgehead atoms. The standard InChI is InChI=1S/C22H23Br4ClN10O2/c23-9-1-11(34-16(9)25)18(38)30-3-7-8(4-31-19(39)12-2-10(24)17(26)35-12)15(27)22(6-33-21(29)37-22)14(7)13-5-32-20(28)36-13/h1-2,5,7-8,14-15,34-35H,3-4,6H2,(H,30,38)(H,31,39)(H3,28,32,36)(H3,29,33,37)/t7-,8-,14-,15+,22+/m1/s1. The first-order valence-electron chi connectivity index (χ1n) is 11.7. The number of nitrogens with two attached hydrogens (primary N) is 2. The van der Waals surface area contributed by atoms with E-state index in [1.807, 2.05) is 0 Å². The summed E-state index contributed by atoms with van der Waals surface area (Å²) in [5.41, 5.74) is 12.7. The lowest BCUT2D eigenvalue weighted by molar-refractivity contribution is 0.0917. The average molecular weight is 815 g/mol. The summed E-state index contributed by atoms with van der Waals surface area (Å²) in [6.45, 7) is 0.771. The van der Waals surface area contributed by atoms with Crippen LogP contribution in [0.4, 0.5) is 5.95 Å². The van der Waals surface area contributed by atoms with Gasteiger partial charge in [-0.05, 0) is 81.8 Å².